The van der Waals surface area contributed by atoms with Gasteiger partial charge in [-0.05, 0) is 0 Å². The van der Waals surface area contributed by atoms with Gasteiger partial charge >= 0.3 is 227 Å². The van der Waals surface area contributed by atoms with Crippen LogP contribution in [0, 0.1) is 34.8 Å². The van der Waals surface area contributed by atoms with Crippen molar-refractivity contribution >= 4 is 62.7 Å². The first-order valence-corrected chi connectivity index (χ1v) is 16.6. The van der Waals surface area contributed by atoms with Crippen molar-refractivity contribution in [3.05, 3.63) is 120 Å². The summed E-state index contributed by atoms with van der Waals surface area (Å²) >= 11 is -2.82. The van der Waals surface area contributed by atoms with Gasteiger partial charge in [-0.3, -0.25) is 0 Å². The molecule has 0 bridgehead atoms. The molecule has 0 spiro atoms. The molecule has 5 heteroatoms. The molecule has 0 amide bonds. The number of aryl methyl sites for hydroxylation is 4. The van der Waals surface area contributed by atoms with E-state index in [1.165, 1.54) is 11.1 Å². The van der Waals surface area contributed by atoms with E-state index >= 15 is 0 Å². The minimum atomic E-state index is -4.06. The Balaban J connectivity index is 1.54. The first kappa shape index (κ1) is 24.3. The third kappa shape index (κ3) is 4.19. The summed E-state index contributed by atoms with van der Waals surface area (Å²) in [5.41, 5.74) is 4.61. The van der Waals surface area contributed by atoms with E-state index < -0.39 is 30.4 Å². The third-order valence-electron chi connectivity index (χ3n) is 7.24. The molecule has 0 aliphatic rings. The van der Waals surface area contributed by atoms with Gasteiger partial charge in [0, 0.05) is 0 Å². The molecule has 6 rings (SSSR count). The maximum absolute atomic E-state index is 14.1. The molecule has 0 aromatic heterocycles. The Labute approximate surface area is 225 Å². The van der Waals surface area contributed by atoms with E-state index in [2.05, 4.69) is 76.2 Å². The van der Waals surface area contributed by atoms with E-state index in [4.69, 9.17) is 2.51 Å². The maximum atomic E-state index is 14.1. The van der Waals surface area contributed by atoms with Crippen LogP contribution in [0.4, 0.5) is 0 Å². The second kappa shape index (κ2) is 9.08. The van der Waals surface area contributed by atoms with Crippen molar-refractivity contribution in [2.75, 3.05) is 0 Å². The van der Waals surface area contributed by atoms with Gasteiger partial charge in [0.15, 0.2) is 0 Å². The van der Waals surface area contributed by atoms with Crippen LogP contribution in [0.25, 0.3) is 32.3 Å². The Kier molecular flexibility index (Phi) is 5.97. The first-order valence-electron chi connectivity index (χ1n) is 12.2. The molecule has 37 heavy (non-hydrogen) atoms. The fourth-order valence-corrected chi connectivity index (χ4v) is 12.4. The van der Waals surface area contributed by atoms with Crippen LogP contribution < -0.4 is 0 Å². The van der Waals surface area contributed by atoms with E-state index in [1.54, 1.807) is 6.07 Å². The van der Waals surface area contributed by atoms with Gasteiger partial charge in [0.25, 0.3) is 0 Å². The van der Waals surface area contributed by atoms with Crippen molar-refractivity contribution in [3.63, 3.8) is 0 Å². The van der Waals surface area contributed by atoms with Gasteiger partial charge in [0.05, 0.1) is 0 Å². The first-order chi connectivity index (χ1) is 17.7. The fraction of sp³-hybridized carbons (Fsp3) is 0.125. The van der Waals surface area contributed by atoms with Crippen LogP contribution in [0.2, 0.25) is 0 Å². The monoisotopic (exact) mass is 618 g/mol. The molecule has 3 nitrogen and oxygen atoms in total. The summed E-state index contributed by atoms with van der Waals surface area (Å²) < 4.78 is 36.4. The Morgan fingerprint density at radius 3 is 1.65 bits per heavy atom. The molecule has 0 heterocycles. The molecule has 0 atom stereocenters. The summed E-state index contributed by atoms with van der Waals surface area (Å²) in [5.74, 6) is 0. The van der Waals surface area contributed by atoms with Gasteiger partial charge in [-0.15, -0.1) is 0 Å². The Morgan fingerprint density at radius 2 is 1.08 bits per heavy atom. The molecule has 0 N–H and O–H groups in total. The predicted molar refractivity (Wildman–Crippen MR) is 162 cm³/mol. The number of rotatable bonds is 5. The van der Waals surface area contributed by atoms with Gasteiger partial charge in [0.1, 0.15) is 0 Å². The van der Waals surface area contributed by atoms with Crippen molar-refractivity contribution in [1.82, 2.24) is 0 Å². The zero-order valence-corrected chi connectivity index (χ0v) is 24.1. The predicted octanol–water partition coefficient (Wildman–Crippen LogP) is 8.68. The van der Waals surface area contributed by atoms with Crippen LogP contribution in [-0.4, -0.2) is 8.42 Å². The van der Waals surface area contributed by atoms with Gasteiger partial charge in [-0.2, -0.15) is 0 Å². The Morgan fingerprint density at radius 1 is 0.568 bits per heavy atom. The number of benzene rings is 6. The summed E-state index contributed by atoms with van der Waals surface area (Å²) in [6.07, 6.45) is 0. The zero-order valence-electron chi connectivity index (χ0n) is 21.2. The van der Waals surface area contributed by atoms with Crippen LogP contribution in [0.3, 0.4) is 0 Å². The molecule has 6 aromatic carbocycles. The Hall–Kier alpha value is -3.00. The molecule has 0 aliphatic carbocycles. The second-order valence-corrected chi connectivity index (χ2v) is 16.1. The standard InChI is InChI=1S/C32H27IO3S/c1-20-8-14-27(18-22(20)3)33(28-15-9-21(2)23(4)19-28)36-37(34,35)30-17-13-26-11-10-24-6-5-7-25-12-16-29(30)32(26)31(24)25/h5-19H,1-4H3. The molecular weight excluding hydrogens is 591 g/mol. The van der Waals surface area contributed by atoms with Crippen LogP contribution in [0.15, 0.2) is 95.9 Å². The number of halogens is 1. The van der Waals surface area contributed by atoms with Crippen LogP contribution >= 0.6 is 20.2 Å². The molecule has 0 unspecified atom stereocenters. The number of hydrogen-bond donors (Lipinski definition) is 0. The zero-order chi connectivity index (χ0) is 25.9. The minimum absolute atomic E-state index is 0.230. The van der Waals surface area contributed by atoms with Crippen molar-refractivity contribution in [2.24, 2.45) is 0 Å². The van der Waals surface area contributed by atoms with Gasteiger partial charge in [-0.1, -0.05) is 0 Å². The van der Waals surface area contributed by atoms with E-state index in [0.717, 1.165) is 45.2 Å². The van der Waals surface area contributed by atoms with Gasteiger partial charge in [-0.25, -0.2) is 0 Å². The van der Waals surface area contributed by atoms with E-state index in [9.17, 15) is 8.42 Å². The SMILES string of the molecule is Cc1ccc(I(OS(=O)(=O)c2ccc3ccc4cccc5ccc2c3c45)c2ccc(C)c(C)c2)cc1C. The molecule has 6 aromatic rings. The van der Waals surface area contributed by atoms with Crippen LogP contribution in [-0.2, 0) is 12.6 Å². The average molecular weight is 619 g/mol. The number of hydrogen-bond acceptors (Lipinski definition) is 3. The molecule has 186 valence electrons. The second-order valence-electron chi connectivity index (χ2n) is 9.64. The van der Waals surface area contributed by atoms with Crippen molar-refractivity contribution < 1.29 is 10.9 Å². The summed E-state index contributed by atoms with van der Waals surface area (Å²) in [5, 5.41) is 6.00. The normalized spacial score (nSPS) is 12.6. The van der Waals surface area contributed by atoms with E-state index in [-0.39, 0.29) is 4.90 Å². The van der Waals surface area contributed by atoms with Crippen LogP contribution in [0.5, 0.6) is 0 Å². The van der Waals surface area contributed by atoms with E-state index in [1.807, 2.05) is 36.4 Å². The fourth-order valence-electron chi connectivity index (χ4n) is 4.87. The van der Waals surface area contributed by atoms with E-state index in [0.29, 0.717) is 5.39 Å². The molecule has 0 saturated heterocycles. The van der Waals surface area contributed by atoms with Gasteiger partial charge < -0.3 is 0 Å². The summed E-state index contributed by atoms with van der Waals surface area (Å²) in [7, 11) is -4.06. The molecule has 0 fully saturated rings. The molecule has 0 saturated carbocycles. The molecule has 0 radical (unpaired) electrons. The molecular formula is C32H27IO3S. The summed E-state index contributed by atoms with van der Waals surface area (Å²) in [4.78, 5) is 0.230. The average Bonchev–Trinajstić information content (AvgIpc) is 2.89. The summed E-state index contributed by atoms with van der Waals surface area (Å²) in [6.45, 7) is 8.25. The van der Waals surface area contributed by atoms with Crippen LogP contribution in [0.1, 0.15) is 22.3 Å². The Bertz CT molecular complexity index is 1860. The topological polar surface area (TPSA) is 43.4 Å². The summed E-state index contributed by atoms with van der Waals surface area (Å²) in [6, 6.07) is 30.2. The third-order valence-corrected chi connectivity index (χ3v) is 14.5. The van der Waals surface area contributed by atoms with Crippen molar-refractivity contribution in [2.45, 2.75) is 32.6 Å². The van der Waals surface area contributed by atoms with Crippen molar-refractivity contribution in [3.8, 4) is 0 Å². The molecule has 0 aliphatic heterocycles. The quantitative estimate of drug-likeness (QED) is 0.143. The van der Waals surface area contributed by atoms with Gasteiger partial charge in [0.2, 0.25) is 0 Å². The van der Waals surface area contributed by atoms with Crippen molar-refractivity contribution in [1.29, 1.82) is 0 Å².